The van der Waals surface area contributed by atoms with Crippen LogP contribution in [0.4, 0.5) is 0 Å². The standard InChI is InChI=1S/C14H18O6/c1-18-12(15)10-6-4-9(5-7-10)8-11(13(16)19-2)14(17)20-3/h4-7,11-12,15H,8H2,1-3H3. The molecule has 0 radical (unpaired) electrons. The molecule has 0 aliphatic heterocycles. The van der Waals surface area contributed by atoms with Gasteiger partial charge in [-0.15, -0.1) is 0 Å². The molecule has 1 rings (SSSR count). The first-order valence-electron chi connectivity index (χ1n) is 5.98. The van der Waals surface area contributed by atoms with Gasteiger partial charge in [0.1, 0.15) is 0 Å². The fourth-order valence-corrected chi connectivity index (χ4v) is 1.74. The molecule has 0 aliphatic rings. The van der Waals surface area contributed by atoms with Gasteiger partial charge in [0.2, 0.25) is 0 Å². The summed E-state index contributed by atoms with van der Waals surface area (Å²) in [6, 6.07) is 6.73. The molecule has 0 fully saturated rings. The van der Waals surface area contributed by atoms with E-state index in [1.54, 1.807) is 24.3 Å². The molecule has 1 unspecified atom stereocenters. The second-order valence-electron chi connectivity index (χ2n) is 4.13. The molecular weight excluding hydrogens is 264 g/mol. The Hall–Kier alpha value is -1.92. The maximum absolute atomic E-state index is 11.6. The minimum absolute atomic E-state index is 0.169. The number of ether oxygens (including phenoxy) is 3. The Bertz CT molecular complexity index is 437. The molecule has 0 saturated heterocycles. The second kappa shape index (κ2) is 7.62. The Kier molecular flexibility index (Phi) is 6.14. The summed E-state index contributed by atoms with van der Waals surface area (Å²) in [6.07, 6.45) is -0.830. The molecule has 0 amide bonds. The van der Waals surface area contributed by atoms with Crippen molar-refractivity contribution in [2.24, 2.45) is 5.92 Å². The van der Waals surface area contributed by atoms with Crippen molar-refractivity contribution in [2.45, 2.75) is 12.7 Å². The number of aliphatic hydroxyl groups is 1. The summed E-state index contributed by atoms with van der Waals surface area (Å²) >= 11 is 0. The summed E-state index contributed by atoms with van der Waals surface area (Å²) in [5, 5.41) is 9.48. The summed E-state index contributed by atoms with van der Waals surface area (Å²) in [5.74, 6) is -2.28. The fourth-order valence-electron chi connectivity index (χ4n) is 1.74. The van der Waals surface area contributed by atoms with Crippen molar-refractivity contribution in [3.05, 3.63) is 35.4 Å². The average Bonchev–Trinajstić information content (AvgIpc) is 2.50. The number of hydrogen-bond acceptors (Lipinski definition) is 6. The van der Waals surface area contributed by atoms with Gasteiger partial charge < -0.3 is 19.3 Å². The summed E-state index contributed by atoms with van der Waals surface area (Å²) in [5.41, 5.74) is 1.33. The van der Waals surface area contributed by atoms with Crippen molar-refractivity contribution in [3.63, 3.8) is 0 Å². The predicted molar refractivity (Wildman–Crippen MR) is 69.6 cm³/mol. The van der Waals surface area contributed by atoms with Crippen LogP contribution < -0.4 is 0 Å². The first-order valence-corrected chi connectivity index (χ1v) is 5.98. The third-order valence-corrected chi connectivity index (χ3v) is 2.90. The van der Waals surface area contributed by atoms with Crippen LogP contribution in [0.15, 0.2) is 24.3 Å². The van der Waals surface area contributed by atoms with Crippen LogP contribution in [0, 0.1) is 5.92 Å². The largest absolute Gasteiger partial charge is 0.468 e. The van der Waals surface area contributed by atoms with Gasteiger partial charge in [-0.05, 0) is 12.0 Å². The van der Waals surface area contributed by atoms with Gasteiger partial charge in [0.15, 0.2) is 12.2 Å². The SMILES string of the molecule is COC(=O)C(Cc1ccc(C(O)OC)cc1)C(=O)OC. The van der Waals surface area contributed by atoms with Gasteiger partial charge in [0.05, 0.1) is 14.2 Å². The molecule has 110 valence electrons. The summed E-state index contributed by atoms with van der Waals surface area (Å²) in [4.78, 5) is 23.1. The topological polar surface area (TPSA) is 82.1 Å². The zero-order valence-corrected chi connectivity index (χ0v) is 11.7. The van der Waals surface area contributed by atoms with Gasteiger partial charge in [0.25, 0.3) is 0 Å². The number of hydrogen-bond donors (Lipinski definition) is 1. The monoisotopic (exact) mass is 282 g/mol. The van der Waals surface area contributed by atoms with Crippen molar-refractivity contribution < 1.29 is 28.9 Å². The van der Waals surface area contributed by atoms with Crippen molar-refractivity contribution in [3.8, 4) is 0 Å². The van der Waals surface area contributed by atoms with E-state index in [0.29, 0.717) is 5.56 Å². The molecular formula is C14H18O6. The number of rotatable bonds is 6. The Balaban J connectivity index is 2.84. The van der Waals surface area contributed by atoms with Crippen LogP contribution in [-0.2, 0) is 30.2 Å². The van der Waals surface area contributed by atoms with E-state index in [4.69, 9.17) is 4.74 Å². The smallest absolute Gasteiger partial charge is 0.320 e. The van der Waals surface area contributed by atoms with Crippen LogP contribution >= 0.6 is 0 Å². The quantitative estimate of drug-likeness (QED) is 0.473. The molecule has 1 aromatic carbocycles. The normalized spacial score (nSPS) is 12.1. The maximum Gasteiger partial charge on any atom is 0.320 e. The lowest BCUT2D eigenvalue weighted by Crippen LogP contribution is -2.28. The minimum atomic E-state index is -0.999. The van der Waals surface area contributed by atoms with Gasteiger partial charge in [0, 0.05) is 12.7 Å². The minimum Gasteiger partial charge on any atom is -0.468 e. The van der Waals surface area contributed by atoms with Crippen molar-refractivity contribution in [1.29, 1.82) is 0 Å². The van der Waals surface area contributed by atoms with Gasteiger partial charge >= 0.3 is 11.9 Å². The van der Waals surface area contributed by atoms with Crippen molar-refractivity contribution >= 4 is 11.9 Å². The van der Waals surface area contributed by atoms with Crippen molar-refractivity contribution in [1.82, 2.24) is 0 Å². The lowest BCUT2D eigenvalue weighted by atomic mass is 9.98. The first kappa shape index (κ1) is 16.1. The number of carbonyl (C=O) groups is 2. The van der Waals surface area contributed by atoms with Crippen LogP contribution in [0.3, 0.4) is 0 Å². The van der Waals surface area contributed by atoms with Gasteiger partial charge in [-0.25, -0.2) is 0 Å². The third kappa shape index (κ3) is 4.04. The van der Waals surface area contributed by atoms with Crippen LogP contribution in [0.25, 0.3) is 0 Å². The van der Waals surface area contributed by atoms with Gasteiger partial charge in [-0.1, -0.05) is 24.3 Å². The van der Waals surface area contributed by atoms with E-state index in [9.17, 15) is 14.7 Å². The molecule has 1 atom stereocenters. The lowest BCUT2D eigenvalue weighted by molar-refractivity contribution is -0.158. The number of aliphatic hydroxyl groups excluding tert-OH is 1. The molecule has 0 bridgehead atoms. The lowest BCUT2D eigenvalue weighted by Gasteiger charge is -2.13. The number of methoxy groups -OCH3 is 3. The van der Waals surface area contributed by atoms with E-state index < -0.39 is 24.1 Å². The van der Waals surface area contributed by atoms with E-state index in [1.165, 1.54) is 21.3 Å². The molecule has 0 spiro atoms. The third-order valence-electron chi connectivity index (χ3n) is 2.90. The maximum atomic E-state index is 11.6. The first-order chi connectivity index (χ1) is 9.53. The summed E-state index contributed by atoms with van der Waals surface area (Å²) < 4.78 is 13.9. The number of esters is 2. The molecule has 6 heteroatoms. The molecule has 0 aromatic heterocycles. The zero-order valence-electron chi connectivity index (χ0n) is 11.7. The van der Waals surface area contributed by atoms with E-state index in [-0.39, 0.29) is 6.42 Å². The molecule has 0 aliphatic carbocycles. The summed E-state index contributed by atoms with van der Waals surface area (Å²) in [7, 11) is 3.83. The van der Waals surface area contributed by atoms with Crippen molar-refractivity contribution in [2.75, 3.05) is 21.3 Å². The Morgan fingerprint density at radius 1 is 1.05 bits per heavy atom. The summed E-state index contributed by atoms with van der Waals surface area (Å²) in [6.45, 7) is 0. The van der Waals surface area contributed by atoms with Crippen LogP contribution in [0.5, 0.6) is 0 Å². The molecule has 0 saturated carbocycles. The molecule has 1 aromatic rings. The Morgan fingerprint density at radius 2 is 1.55 bits per heavy atom. The highest BCUT2D eigenvalue weighted by Crippen LogP contribution is 2.17. The molecule has 1 N–H and O–H groups in total. The Morgan fingerprint density at radius 3 is 1.95 bits per heavy atom. The average molecular weight is 282 g/mol. The highest BCUT2D eigenvalue weighted by Gasteiger charge is 2.28. The number of carbonyl (C=O) groups excluding carboxylic acids is 2. The molecule has 20 heavy (non-hydrogen) atoms. The van der Waals surface area contributed by atoms with E-state index in [1.807, 2.05) is 0 Å². The fraction of sp³-hybridized carbons (Fsp3) is 0.429. The predicted octanol–water partition coefficient (Wildman–Crippen LogP) is 0.829. The van der Waals surface area contributed by atoms with Crippen LogP contribution in [-0.4, -0.2) is 38.4 Å². The Labute approximate surface area is 117 Å². The van der Waals surface area contributed by atoms with Crippen LogP contribution in [0.2, 0.25) is 0 Å². The van der Waals surface area contributed by atoms with Crippen LogP contribution in [0.1, 0.15) is 17.4 Å². The van der Waals surface area contributed by atoms with Gasteiger partial charge in [-0.2, -0.15) is 0 Å². The number of benzene rings is 1. The van der Waals surface area contributed by atoms with Gasteiger partial charge in [-0.3, -0.25) is 9.59 Å². The van der Waals surface area contributed by atoms with E-state index >= 15 is 0 Å². The molecule has 0 heterocycles. The highest BCUT2D eigenvalue weighted by atomic mass is 16.6. The van der Waals surface area contributed by atoms with E-state index in [2.05, 4.69) is 9.47 Å². The van der Waals surface area contributed by atoms with E-state index in [0.717, 1.165) is 5.56 Å². The molecule has 6 nitrogen and oxygen atoms in total. The highest BCUT2D eigenvalue weighted by molar-refractivity contribution is 5.95. The zero-order chi connectivity index (χ0) is 15.1. The second-order valence-corrected chi connectivity index (χ2v) is 4.13.